The summed E-state index contributed by atoms with van der Waals surface area (Å²) < 4.78 is 37.6. The Morgan fingerprint density at radius 1 is 1.24 bits per heavy atom. The van der Waals surface area contributed by atoms with E-state index >= 15 is 0 Å². The van der Waals surface area contributed by atoms with Crippen LogP contribution >= 0.6 is 11.8 Å². The standard InChI is InChI=1S/C10H12F3N7S/c1-14-7-17-8(16-3-5-21-10(11,12)13)19-9(18-7)20-4-2-15-6-20/h2,4,6H,3,5H2,1H3,(H2,14,16,17,18,19). The maximum Gasteiger partial charge on any atom is 0.441 e. The Morgan fingerprint density at radius 3 is 2.62 bits per heavy atom. The van der Waals surface area contributed by atoms with Crippen molar-refractivity contribution in [3.63, 3.8) is 0 Å². The molecule has 2 aromatic rings. The summed E-state index contributed by atoms with van der Waals surface area (Å²) in [4.78, 5) is 16.1. The summed E-state index contributed by atoms with van der Waals surface area (Å²) in [5, 5.41) is 5.50. The molecule has 0 fully saturated rings. The minimum Gasteiger partial charge on any atom is -0.357 e. The molecule has 0 atom stereocenters. The molecule has 0 bridgehead atoms. The highest BCUT2D eigenvalue weighted by Crippen LogP contribution is 2.29. The number of hydrogen-bond acceptors (Lipinski definition) is 7. The number of hydrogen-bond donors (Lipinski definition) is 2. The Bertz CT molecular complexity index is 573. The van der Waals surface area contributed by atoms with Crippen molar-refractivity contribution in [1.82, 2.24) is 24.5 Å². The van der Waals surface area contributed by atoms with Gasteiger partial charge in [0.25, 0.3) is 0 Å². The molecule has 0 radical (unpaired) electrons. The van der Waals surface area contributed by atoms with Crippen molar-refractivity contribution >= 4 is 23.7 Å². The maximum absolute atomic E-state index is 12.0. The summed E-state index contributed by atoms with van der Waals surface area (Å²) in [6.45, 7) is 0.0840. The summed E-state index contributed by atoms with van der Waals surface area (Å²) >= 11 is -0.0998. The molecule has 0 saturated carbocycles. The highest BCUT2D eigenvalue weighted by atomic mass is 32.2. The third kappa shape index (κ3) is 4.77. The Morgan fingerprint density at radius 2 is 2.00 bits per heavy atom. The average Bonchev–Trinajstić information content (AvgIpc) is 2.96. The van der Waals surface area contributed by atoms with E-state index in [0.29, 0.717) is 11.9 Å². The number of halogens is 3. The molecule has 0 spiro atoms. The van der Waals surface area contributed by atoms with Gasteiger partial charge >= 0.3 is 5.51 Å². The van der Waals surface area contributed by atoms with E-state index in [1.54, 1.807) is 24.0 Å². The Kier molecular flexibility index (Phi) is 4.83. The Labute approximate surface area is 122 Å². The van der Waals surface area contributed by atoms with Crippen molar-refractivity contribution in [2.45, 2.75) is 5.51 Å². The van der Waals surface area contributed by atoms with E-state index in [9.17, 15) is 13.2 Å². The minimum absolute atomic E-state index is 0.0840. The van der Waals surface area contributed by atoms with Crippen molar-refractivity contribution < 1.29 is 13.2 Å². The first-order chi connectivity index (χ1) is 9.98. The molecule has 2 N–H and O–H groups in total. The van der Waals surface area contributed by atoms with Crippen LogP contribution in [-0.4, -0.2) is 49.4 Å². The number of thioether (sulfide) groups is 1. The van der Waals surface area contributed by atoms with Crippen molar-refractivity contribution in [2.75, 3.05) is 30.0 Å². The zero-order valence-electron chi connectivity index (χ0n) is 10.9. The van der Waals surface area contributed by atoms with Gasteiger partial charge in [0.2, 0.25) is 17.8 Å². The SMILES string of the molecule is CNc1nc(NCCSC(F)(F)F)nc(-n2ccnc2)n1. The molecule has 2 rings (SSSR count). The molecule has 0 aliphatic rings. The van der Waals surface area contributed by atoms with Gasteiger partial charge < -0.3 is 10.6 Å². The number of anilines is 2. The second-order valence-electron chi connectivity index (χ2n) is 3.72. The van der Waals surface area contributed by atoms with Crippen molar-refractivity contribution in [3.05, 3.63) is 18.7 Å². The summed E-state index contributed by atoms with van der Waals surface area (Å²) in [7, 11) is 1.64. The molecule has 7 nitrogen and oxygen atoms in total. The number of alkyl halides is 3. The molecule has 11 heteroatoms. The highest BCUT2D eigenvalue weighted by Gasteiger charge is 2.27. The van der Waals surface area contributed by atoms with Crippen LogP contribution in [0.1, 0.15) is 0 Å². The molecular weight excluding hydrogens is 307 g/mol. The van der Waals surface area contributed by atoms with Gasteiger partial charge in [-0.05, 0) is 11.8 Å². The van der Waals surface area contributed by atoms with Crippen LogP contribution in [-0.2, 0) is 0 Å². The van der Waals surface area contributed by atoms with E-state index in [2.05, 4.69) is 30.6 Å². The summed E-state index contributed by atoms with van der Waals surface area (Å²) in [6.07, 6.45) is 4.73. The van der Waals surface area contributed by atoms with Crippen LogP contribution in [0.5, 0.6) is 0 Å². The van der Waals surface area contributed by atoms with Crippen LogP contribution in [0.15, 0.2) is 18.7 Å². The first kappa shape index (κ1) is 15.4. The van der Waals surface area contributed by atoms with Gasteiger partial charge in [-0.15, -0.1) is 0 Å². The van der Waals surface area contributed by atoms with Gasteiger partial charge in [-0.25, -0.2) is 4.98 Å². The molecule has 2 aromatic heterocycles. The largest absolute Gasteiger partial charge is 0.441 e. The fourth-order valence-electron chi connectivity index (χ4n) is 1.38. The van der Waals surface area contributed by atoms with E-state index in [1.807, 2.05) is 0 Å². The summed E-state index contributed by atoms with van der Waals surface area (Å²) in [6, 6.07) is 0. The monoisotopic (exact) mass is 319 g/mol. The molecule has 0 saturated heterocycles. The lowest BCUT2D eigenvalue weighted by Crippen LogP contribution is -2.14. The second kappa shape index (κ2) is 6.61. The summed E-state index contributed by atoms with van der Waals surface area (Å²) in [5.41, 5.74) is -4.24. The average molecular weight is 319 g/mol. The van der Waals surface area contributed by atoms with Crippen LogP contribution in [0, 0.1) is 0 Å². The molecule has 21 heavy (non-hydrogen) atoms. The lowest BCUT2D eigenvalue weighted by Gasteiger charge is -2.09. The van der Waals surface area contributed by atoms with Crippen molar-refractivity contribution in [2.24, 2.45) is 0 Å². The third-order valence-corrected chi connectivity index (χ3v) is 2.97. The molecule has 114 valence electrons. The first-order valence-electron chi connectivity index (χ1n) is 5.84. The van der Waals surface area contributed by atoms with Gasteiger partial charge in [0.05, 0.1) is 0 Å². The van der Waals surface area contributed by atoms with Gasteiger partial charge in [-0.1, -0.05) is 0 Å². The van der Waals surface area contributed by atoms with Crippen LogP contribution in [0.2, 0.25) is 0 Å². The predicted octanol–water partition coefficient (Wildman–Crippen LogP) is 1.76. The number of rotatable bonds is 6. The quantitative estimate of drug-likeness (QED) is 0.785. The minimum atomic E-state index is -4.24. The molecule has 2 heterocycles. The Balaban J connectivity index is 2.04. The highest BCUT2D eigenvalue weighted by molar-refractivity contribution is 8.00. The lowest BCUT2D eigenvalue weighted by atomic mass is 10.7. The predicted molar refractivity (Wildman–Crippen MR) is 73.5 cm³/mol. The van der Waals surface area contributed by atoms with Gasteiger partial charge in [-0.3, -0.25) is 4.57 Å². The smallest absolute Gasteiger partial charge is 0.357 e. The van der Waals surface area contributed by atoms with E-state index in [0.717, 1.165) is 0 Å². The van der Waals surface area contributed by atoms with E-state index in [-0.39, 0.29) is 30.0 Å². The fraction of sp³-hybridized carbons (Fsp3) is 0.400. The molecule has 0 unspecified atom stereocenters. The zero-order valence-corrected chi connectivity index (χ0v) is 11.7. The van der Waals surface area contributed by atoms with E-state index < -0.39 is 5.51 Å². The number of aromatic nitrogens is 5. The molecule has 0 aliphatic carbocycles. The summed E-state index contributed by atoms with van der Waals surface area (Å²) in [5.74, 6) is 0.683. The third-order valence-electron chi connectivity index (χ3n) is 2.23. The van der Waals surface area contributed by atoms with Crippen LogP contribution in [0.25, 0.3) is 5.95 Å². The maximum atomic E-state index is 12.0. The van der Waals surface area contributed by atoms with Crippen molar-refractivity contribution in [1.29, 1.82) is 0 Å². The van der Waals surface area contributed by atoms with Crippen molar-refractivity contribution in [3.8, 4) is 5.95 Å². The van der Waals surface area contributed by atoms with E-state index in [4.69, 9.17) is 0 Å². The first-order valence-corrected chi connectivity index (χ1v) is 6.83. The van der Waals surface area contributed by atoms with Crippen LogP contribution in [0.4, 0.5) is 25.1 Å². The van der Waals surface area contributed by atoms with Gasteiger partial charge in [0.1, 0.15) is 6.33 Å². The molecular formula is C10H12F3N7S. The van der Waals surface area contributed by atoms with Gasteiger partial charge in [-0.2, -0.15) is 28.1 Å². The van der Waals surface area contributed by atoms with Gasteiger partial charge in [0.15, 0.2) is 0 Å². The molecule has 0 amide bonds. The topological polar surface area (TPSA) is 80.5 Å². The normalized spacial score (nSPS) is 11.4. The zero-order chi connectivity index (χ0) is 15.3. The second-order valence-corrected chi connectivity index (χ2v) is 4.88. The number of imidazole rings is 1. The van der Waals surface area contributed by atoms with E-state index in [1.165, 1.54) is 6.33 Å². The van der Waals surface area contributed by atoms with Crippen LogP contribution in [0.3, 0.4) is 0 Å². The number of nitrogens with one attached hydrogen (secondary N) is 2. The molecule has 0 aliphatic heterocycles. The van der Waals surface area contributed by atoms with Crippen LogP contribution < -0.4 is 10.6 Å². The number of nitrogens with zero attached hydrogens (tertiary/aromatic N) is 5. The van der Waals surface area contributed by atoms with Gasteiger partial charge in [0, 0.05) is 31.7 Å². The molecule has 0 aromatic carbocycles. The fourth-order valence-corrected chi connectivity index (χ4v) is 1.81. The Hall–Kier alpha value is -2.04. The lowest BCUT2D eigenvalue weighted by molar-refractivity contribution is -0.0327.